The average molecular weight is 264 g/mol. The first-order valence-electron chi connectivity index (χ1n) is 6.56. The van der Waals surface area contributed by atoms with Crippen molar-refractivity contribution in [2.24, 2.45) is 0 Å². The van der Waals surface area contributed by atoms with Crippen LogP contribution in [0.5, 0.6) is 0 Å². The third kappa shape index (κ3) is 2.43. The van der Waals surface area contributed by atoms with E-state index in [0.717, 1.165) is 17.0 Å². The predicted octanol–water partition coefficient (Wildman–Crippen LogP) is 4.42. The lowest BCUT2D eigenvalue weighted by Gasteiger charge is -2.14. The third-order valence-electron chi connectivity index (χ3n) is 3.26. The minimum absolute atomic E-state index is 0.590. The number of rotatable bonds is 3. The van der Waals surface area contributed by atoms with Crippen molar-refractivity contribution in [3.63, 3.8) is 0 Å². The van der Waals surface area contributed by atoms with E-state index in [-0.39, 0.29) is 0 Å². The van der Waals surface area contributed by atoms with Gasteiger partial charge in [-0.1, -0.05) is 48.0 Å². The first kappa shape index (κ1) is 12.5. The van der Waals surface area contributed by atoms with Crippen LogP contribution in [-0.4, -0.2) is 12.0 Å². The zero-order valence-electron chi connectivity index (χ0n) is 11.6. The quantitative estimate of drug-likeness (QED) is 0.701. The van der Waals surface area contributed by atoms with Crippen LogP contribution >= 0.6 is 0 Å². The van der Waals surface area contributed by atoms with E-state index in [2.05, 4.69) is 36.2 Å². The van der Waals surface area contributed by atoms with Gasteiger partial charge in [0.15, 0.2) is 5.76 Å². The summed E-state index contributed by atoms with van der Waals surface area (Å²) in [7, 11) is 1.95. The summed E-state index contributed by atoms with van der Waals surface area (Å²) >= 11 is 0. The Morgan fingerprint density at radius 3 is 2.35 bits per heavy atom. The molecule has 0 unspecified atom stereocenters. The molecule has 0 saturated heterocycles. The minimum atomic E-state index is 0.590. The molecule has 3 rings (SSSR count). The number of oxazole rings is 1. The van der Waals surface area contributed by atoms with Crippen molar-refractivity contribution in [2.45, 2.75) is 6.92 Å². The number of aryl methyl sites for hydroxylation is 1. The number of benzene rings is 2. The van der Waals surface area contributed by atoms with E-state index in [9.17, 15) is 0 Å². The zero-order valence-corrected chi connectivity index (χ0v) is 11.6. The standard InChI is InChI=1S/C17H16N2O/c1-13-8-10-15(11-9-13)19(2)17-18-12-16(20-17)14-6-4-3-5-7-14/h3-12H,1-2H3. The molecule has 2 aromatic carbocycles. The summed E-state index contributed by atoms with van der Waals surface area (Å²) in [6, 6.07) is 18.8. The van der Waals surface area contributed by atoms with E-state index < -0.39 is 0 Å². The minimum Gasteiger partial charge on any atom is -0.423 e. The van der Waals surface area contributed by atoms with Gasteiger partial charge in [0.2, 0.25) is 0 Å². The maximum Gasteiger partial charge on any atom is 0.302 e. The molecule has 0 fully saturated rings. The maximum atomic E-state index is 5.83. The molecular formula is C17H16N2O. The highest BCUT2D eigenvalue weighted by atomic mass is 16.4. The molecule has 0 N–H and O–H groups in total. The van der Waals surface area contributed by atoms with Gasteiger partial charge in [0.05, 0.1) is 6.20 Å². The fraction of sp³-hybridized carbons (Fsp3) is 0.118. The van der Waals surface area contributed by atoms with E-state index >= 15 is 0 Å². The fourth-order valence-electron chi connectivity index (χ4n) is 2.03. The van der Waals surface area contributed by atoms with Gasteiger partial charge in [-0.2, -0.15) is 0 Å². The van der Waals surface area contributed by atoms with Crippen LogP contribution in [0.15, 0.2) is 65.2 Å². The van der Waals surface area contributed by atoms with Crippen molar-refractivity contribution in [1.29, 1.82) is 0 Å². The van der Waals surface area contributed by atoms with Crippen molar-refractivity contribution in [3.8, 4) is 11.3 Å². The fourth-order valence-corrected chi connectivity index (χ4v) is 2.03. The van der Waals surface area contributed by atoms with Gasteiger partial charge in [-0.3, -0.25) is 4.90 Å². The average Bonchev–Trinajstić information content (AvgIpc) is 2.98. The first-order chi connectivity index (χ1) is 9.74. The SMILES string of the molecule is Cc1ccc(N(C)c2ncc(-c3ccccc3)o2)cc1. The summed E-state index contributed by atoms with van der Waals surface area (Å²) in [6.45, 7) is 2.07. The highest BCUT2D eigenvalue weighted by Gasteiger charge is 2.11. The summed E-state index contributed by atoms with van der Waals surface area (Å²) in [5.41, 5.74) is 3.32. The van der Waals surface area contributed by atoms with Crippen LogP contribution in [0.3, 0.4) is 0 Å². The number of anilines is 2. The highest BCUT2D eigenvalue weighted by Crippen LogP contribution is 2.27. The Kier molecular flexibility index (Phi) is 3.25. The molecule has 1 aromatic heterocycles. The Labute approximate surface area is 118 Å². The Bertz CT molecular complexity index is 687. The molecule has 1 heterocycles. The second-order valence-electron chi connectivity index (χ2n) is 4.77. The van der Waals surface area contributed by atoms with Crippen LogP contribution in [0.2, 0.25) is 0 Å². The lowest BCUT2D eigenvalue weighted by atomic mass is 10.2. The Morgan fingerprint density at radius 1 is 0.950 bits per heavy atom. The van der Waals surface area contributed by atoms with Gasteiger partial charge in [0, 0.05) is 18.3 Å². The highest BCUT2D eigenvalue weighted by molar-refractivity contribution is 5.60. The van der Waals surface area contributed by atoms with E-state index in [1.807, 2.05) is 42.3 Å². The third-order valence-corrected chi connectivity index (χ3v) is 3.26. The second-order valence-corrected chi connectivity index (χ2v) is 4.77. The van der Waals surface area contributed by atoms with Gasteiger partial charge < -0.3 is 4.42 Å². The van der Waals surface area contributed by atoms with Gasteiger partial charge in [0.1, 0.15) is 0 Å². The smallest absolute Gasteiger partial charge is 0.302 e. The zero-order chi connectivity index (χ0) is 13.9. The number of hydrogen-bond donors (Lipinski definition) is 0. The van der Waals surface area contributed by atoms with Crippen LogP contribution in [0.1, 0.15) is 5.56 Å². The lowest BCUT2D eigenvalue weighted by molar-refractivity contribution is 0.574. The Balaban J connectivity index is 1.88. The Morgan fingerprint density at radius 2 is 1.65 bits per heavy atom. The second kappa shape index (κ2) is 5.21. The van der Waals surface area contributed by atoms with Crippen LogP contribution in [0.25, 0.3) is 11.3 Å². The van der Waals surface area contributed by atoms with Crippen molar-refractivity contribution in [3.05, 3.63) is 66.4 Å². The summed E-state index contributed by atoms with van der Waals surface area (Å²) in [5, 5.41) is 0. The Hall–Kier alpha value is -2.55. The monoisotopic (exact) mass is 264 g/mol. The predicted molar refractivity (Wildman–Crippen MR) is 81.2 cm³/mol. The molecule has 0 atom stereocenters. The van der Waals surface area contributed by atoms with Gasteiger partial charge in [-0.25, -0.2) is 4.98 Å². The number of aromatic nitrogens is 1. The molecule has 100 valence electrons. The number of hydrogen-bond acceptors (Lipinski definition) is 3. The number of nitrogens with zero attached hydrogens (tertiary/aromatic N) is 2. The lowest BCUT2D eigenvalue weighted by Crippen LogP contribution is -2.09. The molecule has 3 heteroatoms. The molecule has 3 aromatic rings. The van der Waals surface area contributed by atoms with E-state index in [1.54, 1.807) is 6.20 Å². The molecule has 3 nitrogen and oxygen atoms in total. The van der Waals surface area contributed by atoms with Gasteiger partial charge in [-0.15, -0.1) is 0 Å². The van der Waals surface area contributed by atoms with Crippen molar-refractivity contribution >= 4 is 11.7 Å². The van der Waals surface area contributed by atoms with Crippen LogP contribution in [0, 0.1) is 6.92 Å². The van der Waals surface area contributed by atoms with Crippen LogP contribution < -0.4 is 4.90 Å². The molecule has 0 saturated carbocycles. The van der Waals surface area contributed by atoms with E-state index in [1.165, 1.54) is 5.56 Å². The summed E-state index contributed by atoms with van der Waals surface area (Å²) in [6.07, 6.45) is 1.76. The van der Waals surface area contributed by atoms with Gasteiger partial charge >= 0.3 is 6.01 Å². The van der Waals surface area contributed by atoms with Crippen LogP contribution in [-0.2, 0) is 0 Å². The summed E-state index contributed by atoms with van der Waals surface area (Å²) < 4.78 is 5.83. The van der Waals surface area contributed by atoms with Crippen molar-refractivity contribution < 1.29 is 4.42 Å². The largest absolute Gasteiger partial charge is 0.423 e. The van der Waals surface area contributed by atoms with E-state index in [0.29, 0.717) is 6.01 Å². The summed E-state index contributed by atoms with van der Waals surface area (Å²) in [5.74, 6) is 0.777. The van der Waals surface area contributed by atoms with Gasteiger partial charge in [-0.05, 0) is 19.1 Å². The molecule has 0 spiro atoms. The summed E-state index contributed by atoms with van der Waals surface area (Å²) in [4.78, 5) is 6.29. The normalized spacial score (nSPS) is 10.5. The van der Waals surface area contributed by atoms with Gasteiger partial charge in [0.25, 0.3) is 0 Å². The molecule has 0 bridgehead atoms. The first-order valence-corrected chi connectivity index (χ1v) is 6.56. The topological polar surface area (TPSA) is 29.3 Å². The van der Waals surface area contributed by atoms with E-state index in [4.69, 9.17) is 4.42 Å². The molecule has 0 amide bonds. The van der Waals surface area contributed by atoms with Crippen LogP contribution in [0.4, 0.5) is 11.7 Å². The van der Waals surface area contributed by atoms with Crippen molar-refractivity contribution in [2.75, 3.05) is 11.9 Å². The molecule has 20 heavy (non-hydrogen) atoms. The molecule has 0 aliphatic rings. The molecule has 0 aliphatic heterocycles. The molecule has 0 radical (unpaired) electrons. The molecule has 0 aliphatic carbocycles. The maximum absolute atomic E-state index is 5.83. The van der Waals surface area contributed by atoms with Crippen molar-refractivity contribution in [1.82, 2.24) is 4.98 Å². The molecular weight excluding hydrogens is 248 g/mol.